The maximum atomic E-state index is 11.2. The molecule has 2 N–H and O–H groups in total. The Labute approximate surface area is 162 Å². The van der Waals surface area contributed by atoms with Gasteiger partial charge in [0.05, 0.1) is 0 Å². The molecule has 27 heavy (non-hydrogen) atoms. The molecule has 4 aliphatic carbocycles. The van der Waals surface area contributed by atoms with Crippen LogP contribution >= 0.6 is 0 Å². The molecular formula is C24H31NO2. The second-order valence-corrected chi connectivity index (χ2v) is 9.87. The van der Waals surface area contributed by atoms with Crippen molar-refractivity contribution in [2.24, 2.45) is 28.6 Å². The van der Waals surface area contributed by atoms with Crippen LogP contribution in [0.5, 0.6) is 0 Å². The Bertz CT molecular complexity index is 811. The maximum absolute atomic E-state index is 11.2. The van der Waals surface area contributed by atoms with E-state index in [4.69, 9.17) is 0 Å². The van der Waals surface area contributed by atoms with Gasteiger partial charge in [0.25, 0.3) is 0 Å². The first kappa shape index (κ1) is 17.6. The summed E-state index contributed by atoms with van der Waals surface area (Å²) < 4.78 is 0. The predicted molar refractivity (Wildman–Crippen MR) is 106 cm³/mol. The van der Waals surface area contributed by atoms with E-state index in [-0.39, 0.29) is 22.7 Å². The zero-order valence-electron chi connectivity index (χ0n) is 16.5. The van der Waals surface area contributed by atoms with Crippen LogP contribution in [0.2, 0.25) is 0 Å². The number of fused-ring (bicyclic) bond motifs is 5. The number of rotatable bonds is 1. The van der Waals surface area contributed by atoms with E-state index in [0.717, 1.165) is 25.7 Å². The molecule has 1 aromatic rings. The summed E-state index contributed by atoms with van der Waals surface area (Å²) in [6.07, 6.45) is 15.8. The molecule has 0 aliphatic heterocycles. The van der Waals surface area contributed by atoms with Crippen LogP contribution in [0.1, 0.15) is 64.4 Å². The van der Waals surface area contributed by atoms with Crippen molar-refractivity contribution in [1.82, 2.24) is 4.98 Å². The third kappa shape index (κ3) is 2.37. The Kier molecular flexibility index (Phi) is 3.77. The number of pyridine rings is 1. The fraction of sp³-hybridized carbons (Fsp3) is 0.625. The Balaban J connectivity index is 1.57. The number of aliphatic hydroxyl groups is 2. The SMILES string of the molecule is C[C@]12CCCCC1=CC(O)(O)[C@@H]1[C@H]2CC[C@]2(C)C(c3cccnc3)=CC[C@@H]12. The fourth-order valence-electron chi connectivity index (χ4n) is 7.26. The van der Waals surface area contributed by atoms with E-state index in [2.05, 4.69) is 31.0 Å². The molecule has 0 radical (unpaired) electrons. The van der Waals surface area contributed by atoms with Gasteiger partial charge >= 0.3 is 0 Å². The highest BCUT2D eigenvalue weighted by Crippen LogP contribution is 2.67. The molecule has 0 saturated heterocycles. The molecule has 2 saturated carbocycles. The number of aromatic nitrogens is 1. The van der Waals surface area contributed by atoms with Crippen LogP contribution < -0.4 is 0 Å². The minimum atomic E-state index is -1.68. The highest BCUT2D eigenvalue weighted by molar-refractivity contribution is 5.72. The van der Waals surface area contributed by atoms with Crippen LogP contribution in [-0.2, 0) is 0 Å². The van der Waals surface area contributed by atoms with Crippen molar-refractivity contribution < 1.29 is 10.2 Å². The first-order valence-electron chi connectivity index (χ1n) is 10.6. The summed E-state index contributed by atoms with van der Waals surface area (Å²) in [5.41, 5.74) is 4.01. The summed E-state index contributed by atoms with van der Waals surface area (Å²) in [6, 6.07) is 4.14. The van der Waals surface area contributed by atoms with Gasteiger partial charge < -0.3 is 10.2 Å². The molecule has 144 valence electrons. The number of hydrogen-bond acceptors (Lipinski definition) is 3. The fourth-order valence-corrected chi connectivity index (χ4v) is 7.26. The summed E-state index contributed by atoms with van der Waals surface area (Å²) >= 11 is 0. The van der Waals surface area contributed by atoms with Crippen molar-refractivity contribution in [2.45, 2.75) is 64.6 Å². The van der Waals surface area contributed by atoms with Crippen molar-refractivity contribution in [3.63, 3.8) is 0 Å². The minimum Gasteiger partial charge on any atom is -0.362 e. The molecule has 3 nitrogen and oxygen atoms in total. The van der Waals surface area contributed by atoms with Crippen LogP contribution in [0.25, 0.3) is 5.57 Å². The van der Waals surface area contributed by atoms with Crippen molar-refractivity contribution in [1.29, 1.82) is 0 Å². The predicted octanol–water partition coefficient (Wildman–Crippen LogP) is 4.72. The number of nitrogens with zero attached hydrogens (tertiary/aromatic N) is 1. The van der Waals surface area contributed by atoms with Crippen molar-refractivity contribution in [3.05, 3.63) is 47.8 Å². The van der Waals surface area contributed by atoms with Gasteiger partial charge in [-0.2, -0.15) is 0 Å². The molecule has 0 aromatic carbocycles. The third-order valence-corrected chi connectivity index (χ3v) is 8.65. The molecule has 0 spiro atoms. The van der Waals surface area contributed by atoms with E-state index in [0.29, 0.717) is 5.92 Å². The van der Waals surface area contributed by atoms with Gasteiger partial charge in [-0.1, -0.05) is 38.0 Å². The summed E-state index contributed by atoms with van der Waals surface area (Å²) in [6.45, 7) is 4.75. The monoisotopic (exact) mass is 365 g/mol. The zero-order valence-corrected chi connectivity index (χ0v) is 16.5. The summed E-state index contributed by atoms with van der Waals surface area (Å²) in [5.74, 6) is -1.12. The number of allylic oxidation sites excluding steroid dienone is 3. The molecule has 0 amide bonds. The van der Waals surface area contributed by atoms with E-state index in [1.165, 1.54) is 36.0 Å². The van der Waals surface area contributed by atoms with E-state index >= 15 is 0 Å². The van der Waals surface area contributed by atoms with Gasteiger partial charge in [0.2, 0.25) is 0 Å². The van der Waals surface area contributed by atoms with Gasteiger partial charge in [-0.3, -0.25) is 4.98 Å². The van der Waals surface area contributed by atoms with Crippen LogP contribution in [0, 0.1) is 28.6 Å². The highest BCUT2D eigenvalue weighted by Gasteiger charge is 2.62. The van der Waals surface area contributed by atoms with Gasteiger partial charge in [-0.15, -0.1) is 0 Å². The van der Waals surface area contributed by atoms with Gasteiger partial charge in [0, 0.05) is 18.3 Å². The average molecular weight is 366 g/mol. The highest BCUT2D eigenvalue weighted by atomic mass is 16.5. The van der Waals surface area contributed by atoms with Crippen LogP contribution in [0.4, 0.5) is 0 Å². The first-order valence-corrected chi connectivity index (χ1v) is 10.6. The van der Waals surface area contributed by atoms with Gasteiger partial charge in [-0.05, 0) is 84.5 Å². The first-order chi connectivity index (χ1) is 12.9. The Morgan fingerprint density at radius 1 is 1.07 bits per heavy atom. The lowest BCUT2D eigenvalue weighted by Crippen LogP contribution is -2.58. The summed E-state index contributed by atoms with van der Waals surface area (Å²) in [4.78, 5) is 4.32. The minimum absolute atomic E-state index is 0.00270. The van der Waals surface area contributed by atoms with Crippen LogP contribution in [-0.4, -0.2) is 21.0 Å². The maximum Gasteiger partial charge on any atom is 0.186 e. The average Bonchev–Trinajstić information content (AvgIpc) is 3.00. The molecule has 0 bridgehead atoms. The second-order valence-electron chi connectivity index (χ2n) is 9.87. The summed E-state index contributed by atoms with van der Waals surface area (Å²) in [5, 5.41) is 22.4. The smallest absolute Gasteiger partial charge is 0.186 e. The molecule has 3 heteroatoms. The van der Waals surface area contributed by atoms with E-state index in [9.17, 15) is 10.2 Å². The zero-order chi connectivity index (χ0) is 18.9. The van der Waals surface area contributed by atoms with Gasteiger partial charge in [-0.25, -0.2) is 0 Å². The molecular weight excluding hydrogens is 334 g/mol. The molecule has 5 rings (SSSR count). The van der Waals surface area contributed by atoms with E-state index in [1.807, 2.05) is 24.5 Å². The molecule has 1 heterocycles. The summed E-state index contributed by atoms with van der Waals surface area (Å²) in [7, 11) is 0. The van der Waals surface area contributed by atoms with E-state index in [1.54, 1.807) is 0 Å². The largest absolute Gasteiger partial charge is 0.362 e. The molecule has 1 aromatic heterocycles. The molecule has 5 atom stereocenters. The Morgan fingerprint density at radius 2 is 1.93 bits per heavy atom. The molecule has 2 fully saturated rings. The molecule has 4 aliphatic rings. The van der Waals surface area contributed by atoms with Crippen LogP contribution in [0.15, 0.2) is 42.3 Å². The Hall–Kier alpha value is -1.45. The van der Waals surface area contributed by atoms with Crippen molar-refractivity contribution >= 4 is 5.57 Å². The van der Waals surface area contributed by atoms with Crippen LogP contribution in [0.3, 0.4) is 0 Å². The van der Waals surface area contributed by atoms with Gasteiger partial charge in [0.15, 0.2) is 5.79 Å². The standard InChI is InChI=1S/C24H31NO2/c1-22-11-4-3-7-17(22)14-24(26,27)21-19-9-8-18(16-6-5-13-25-15-16)23(19,2)12-10-20(21)22/h5-6,8,13-15,19-21,26-27H,3-4,7,9-12H2,1-2H3/t19-,20+,21-,22-,23+/m0/s1. The third-order valence-electron chi connectivity index (χ3n) is 8.65. The Morgan fingerprint density at radius 3 is 2.70 bits per heavy atom. The quantitative estimate of drug-likeness (QED) is 0.559. The topological polar surface area (TPSA) is 53.4 Å². The lowest BCUT2D eigenvalue weighted by molar-refractivity contribution is -0.228. The van der Waals surface area contributed by atoms with Crippen molar-refractivity contribution in [2.75, 3.05) is 0 Å². The number of hydrogen-bond donors (Lipinski definition) is 2. The normalized spacial score (nSPS) is 42.4. The lowest BCUT2D eigenvalue weighted by Gasteiger charge is -2.60. The molecule has 0 unspecified atom stereocenters. The van der Waals surface area contributed by atoms with Crippen molar-refractivity contribution in [3.8, 4) is 0 Å². The lowest BCUT2D eigenvalue weighted by atomic mass is 9.46. The van der Waals surface area contributed by atoms with E-state index < -0.39 is 5.79 Å². The second kappa shape index (κ2) is 5.78. The van der Waals surface area contributed by atoms with Gasteiger partial charge in [0.1, 0.15) is 0 Å².